The number of hydrogen-bond acceptors (Lipinski definition) is 5. The minimum atomic E-state index is -0.331. The Labute approximate surface area is 116 Å². The zero-order valence-electron chi connectivity index (χ0n) is 10.7. The van der Waals surface area contributed by atoms with Crippen molar-refractivity contribution in [2.24, 2.45) is 5.73 Å². The number of rotatable bonds is 3. The van der Waals surface area contributed by atoms with Crippen molar-refractivity contribution in [3.05, 3.63) is 16.3 Å². The summed E-state index contributed by atoms with van der Waals surface area (Å²) in [7, 11) is 0. The lowest BCUT2D eigenvalue weighted by molar-refractivity contribution is -0.119. The van der Waals surface area contributed by atoms with Gasteiger partial charge in [0.05, 0.1) is 12.2 Å². The maximum atomic E-state index is 12.3. The van der Waals surface area contributed by atoms with Crippen molar-refractivity contribution >= 4 is 28.8 Å². The Balaban J connectivity index is 1.97. The molecule has 0 bridgehead atoms. The molecular weight excluding hydrogens is 264 g/mol. The summed E-state index contributed by atoms with van der Waals surface area (Å²) in [6.07, 6.45) is 0.838. The van der Waals surface area contributed by atoms with Crippen LogP contribution in [0.25, 0.3) is 0 Å². The highest BCUT2D eigenvalue weighted by Crippen LogP contribution is 2.21. The van der Waals surface area contributed by atoms with Crippen LogP contribution < -0.4 is 11.5 Å². The fraction of sp³-hybridized carbons (Fsp3) is 0.500. The third kappa shape index (κ3) is 3.45. The Hall–Kier alpha value is -1.60. The second-order valence-electron chi connectivity index (χ2n) is 4.59. The normalized spacial score (nSPS) is 17.2. The number of anilines is 1. The van der Waals surface area contributed by atoms with Gasteiger partial charge in [-0.1, -0.05) is 0 Å². The van der Waals surface area contributed by atoms with Gasteiger partial charge in [-0.25, -0.2) is 0 Å². The second-order valence-corrected chi connectivity index (χ2v) is 5.51. The second kappa shape index (κ2) is 6.03. The van der Waals surface area contributed by atoms with E-state index in [0.29, 0.717) is 30.2 Å². The lowest BCUT2D eigenvalue weighted by Crippen LogP contribution is -2.38. The van der Waals surface area contributed by atoms with Crippen LogP contribution in [0.2, 0.25) is 0 Å². The van der Waals surface area contributed by atoms with E-state index >= 15 is 0 Å². The number of carbonyl (C=O) groups is 2. The number of primary amides is 1. The molecule has 1 saturated heterocycles. The van der Waals surface area contributed by atoms with Crippen LogP contribution in [0.1, 0.15) is 16.1 Å². The van der Waals surface area contributed by atoms with E-state index in [4.69, 9.17) is 11.5 Å². The van der Waals surface area contributed by atoms with E-state index < -0.39 is 0 Å². The van der Waals surface area contributed by atoms with Gasteiger partial charge in [0.1, 0.15) is 4.88 Å². The van der Waals surface area contributed by atoms with Crippen molar-refractivity contribution in [3.8, 4) is 0 Å². The first kappa shape index (κ1) is 13.8. The monoisotopic (exact) mass is 282 g/mol. The molecule has 104 valence electrons. The number of nitrogen functional groups attached to an aromatic ring is 1. The van der Waals surface area contributed by atoms with Crippen LogP contribution in [0.15, 0.2) is 11.4 Å². The summed E-state index contributed by atoms with van der Waals surface area (Å²) in [5.41, 5.74) is 11.5. The van der Waals surface area contributed by atoms with Crippen LogP contribution in [-0.2, 0) is 4.79 Å². The van der Waals surface area contributed by atoms with E-state index in [9.17, 15) is 9.59 Å². The highest BCUT2D eigenvalue weighted by atomic mass is 32.1. The molecule has 0 atom stereocenters. The SMILES string of the molecule is NC(=O)CN1CCCN(C(=O)c2sccc2N)CC1. The molecule has 2 heterocycles. The lowest BCUT2D eigenvalue weighted by Gasteiger charge is -2.21. The van der Waals surface area contributed by atoms with Gasteiger partial charge in [0.15, 0.2) is 0 Å². The molecule has 0 radical (unpaired) electrons. The van der Waals surface area contributed by atoms with Crippen LogP contribution >= 0.6 is 11.3 Å². The first-order valence-electron chi connectivity index (χ1n) is 6.21. The standard InChI is InChI=1S/C12H18N4O2S/c13-9-2-7-19-11(9)12(18)16-4-1-3-15(5-6-16)8-10(14)17/h2,7H,1,3-6,8,13H2,(H2,14,17). The third-order valence-corrected chi connectivity index (χ3v) is 4.06. The number of nitrogens with zero attached hydrogens (tertiary/aromatic N) is 2. The van der Waals surface area contributed by atoms with Crippen molar-refractivity contribution in [2.45, 2.75) is 6.42 Å². The highest BCUT2D eigenvalue weighted by molar-refractivity contribution is 7.12. The van der Waals surface area contributed by atoms with Crippen molar-refractivity contribution in [1.82, 2.24) is 9.80 Å². The van der Waals surface area contributed by atoms with Crippen molar-refractivity contribution in [3.63, 3.8) is 0 Å². The maximum Gasteiger partial charge on any atom is 0.266 e. The predicted octanol–water partition coefficient (Wildman–Crippen LogP) is -0.0365. The van der Waals surface area contributed by atoms with E-state index in [2.05, 4.69) is 0 Å². The van der Waals surface area contributed by atoms with Crippen LogP contribution in [0.4, 0.5) is 5.69 Å². The Morgan fingerprint density at radius 2 is 2.05 bits per heavy atom. The zero-order chi connectivity index (χ0) is 13.8. The predicted molar refractivity (Wildman–Crippen MR) is 74.9 cm³/mol. The van der Waals surface area contributed by atoms with Gasteiger partial charge in [-0.15, -0.1) is 11.3 Å². The summed E-state index contributed by atoms with van der Waals surface area (Å²) in [4.78, 5) is 27.6. The maximum absolute atomic E-state index is 12.3. The lowest BCUT2D eigenvalue weighted by atomic mass is 10.3. The topological polar surface area (TPSA) is 92.7 Å². The quantitative estimate of drug-likeness (QED) is 0.814. The minimum absolute atomic E-state index is 0.0200. The van der Waals surface area contributed by atoms with Gasteiger partial charge in [-0.2, -0.15) is 0 Å². The van der Waals surface area contributed by atoms with Gasteiger partial charge < -0.3 is 16.4 Å². The fourth-order valence-corrected chi connectivity index (χ4v) is 2.97. The molecule has 1 aromatic heterocycles. The summed E-state index contributed by atoms with van der Waals surface area (Å²) in [6.45, 7) is 2.99. The molecular formula is C12H18N4O2S. The largest absolute Gasteiger partial charge is 0.397 e. The summed E-state index contributed by atoms with van der Waals surface area (Å²) in [6, 6.07) is 1.75. The molecule has 4 N–H and O–H groups in total. The number of nitrogens with two attached hydrogens (primary N) is 2. The van der Waals surface area contributed by atoms with Gasteiger partial charge in [0, 0.05) is 26.2 Å². The molecule has 0 spiro atoms. The molecule has 1 aromatic rings. The third-order valence-electron chi connectivity index (χ3n) is 3.15. The van der Waals surface area contributed by atoms with E-state index in [-0.39, 0.29) is 18.4 Å². The molecule has 1 aliphatic rings. The van der Waals surface area contributed by atoms with Crippen LogP contribution in [0.3, 0.4) is 0 Å². The van der Waals surface area contributed by atoms with Gasteiger partial charge in [-0.05, 0) is 17.9 Å². The molecule has 19 heavy (non-hydrogen) atoms. The molecule has 0 aliphatic carbocycles. The van der Waals surface area contributed by atoms with Crippen LogP contribution in [0, 0.1) is 0 Å². The Kier molecular flexibility index (Phi) is 4.39. The van der Waals surface area contributed by atoms with Gasteiger partial charge in [0.25, 0.3) is 5.91 Å². The van der Waals surface area contributed by atoms with E-state index in [1.165, 1.54) is 11.3 Å². The number of carbonyl (C=O) groups excluding carboxylic acids is 2. The van der Waals surface area contributed by atoms with Gasteiger partial charge in [0.2, 0.25) is 5.91 Å². The molecule has 0 saturated carbocycles. The van der Waals surface area contributed by atoms with Crippen molar-refractivity contribution < 1.29 is 9.59 Å². The first-order chi connectivity index (χ1) is 9.08. The van der Waals surface area contributed by atoms with Crippen molar-refractivity contribution in [1.29, 1.82) is 0 Å². The Morgan fingerprint density at radius 3 is 2.68 bits per heavy atom. The van der Waals surface area contributed by atoms with Gasteiger partial charge in [-0.3, -0.25) is 14.5 Å². The van der Waals surface area contributed by atoms with Gasteiger partial charge >= 0.3 is 0 Å². The number of hydrogen-bond donors (Lipinski definition) is 2. The fourth-order valence-electron chi connectivity index (χ4n) is 2.19. The number of thiophene rings is 1. The molecule has 7 heteroatoms. The molecule has 1 aliphatic heterocycles. The summed E-state index contributed by atoms with van der Waals surface area (Å²) >= 11 is 1.37. The molecule has 6 nitrogen and oxygen atoms in total. The number of amides is 2. The zero-order valence-corrected chi connectivity index (χ0v) is 11.5. The summed E-state index contributed by atoms with van der Waals surface area (Å²) < 4.78 is 0. The van der Waals surface area contributed by atoms with Crippen LogP contribution in [0.5, 0.6) is 0 Å². The molecule has 0 aromatic carbocycles. The Morgan fingerprint density at radius 1 is 1.26 bits per heavy atom. The molecule has 2 amide bonds. The van der Waals surface area contributed by atoms with E-state index in [1.54, 1.807) is 11.0 Å². The smallest absolute Gasteiger partial charge is 0.266 e. The average Bonchev–Trinajstić information content (AvgIpc) is 2.64. The molecule has 0 unspecified atom stereocenters. The van der Waals surface area contributed by atoms with E-state index in [1.807, 2.05) is 10.3 Å². The minimum Gasteiger partial charge on any atom is -0.397 e. The van der Waals surface area contributed by atoms with Crippen molar-refractivity contribution in [2.75, 3.05) is 38.5 Å². The highest BCUT2D eigenvalue weighted by Gasteiger charge is 2.22. The Bertz CT molecular complexity index is 474. The average molecular weight is 282 g/mol. The summed E-state index contributed by atoms with van der Waals surface area (Å²) in [5, 5.41) is 1.82. The summed E-state index contributed by atoms with van der Waals surface area (Å²) in [5.74, 6) is -0.351. The van der Waals surface area contributed by atoms with E-state index in [0.717, 1.165) is 13.0 Å². The first-order valence-corrected chi connectivity index (χ1v) is 7.09. The van der Waals surface area contributed by atoms with Crippen LogP contribution in [-0.4, -0.2) is 54.3 Å². The molecule has 1 fully saturated rings. The molecule has 2 rings (SSSR count).